The summed E-state index contributed by atoms with van der Waals surface area (Å²) >= 11 is 15.3. The SMILES string of the molecule is CC(C)C(NC(=O)c1ccc(Cl)cc1Cl)C(=O)NN=Cc1cc(Br)ccc1OCC(N)=O. The van der Waals surface area contributed by atoms with Crippen LogP contribution in [0.5, 0.6) is 5.75 Å². The normalized spacial score (nSPS) is 11.9. The van der Waals surface area contributed by atoms with Crippen LogP contribution >= 0.6 is 39.1 Å². The molecule has 170 valence electrons. The molecule has 1 unspecified atom stereocenters. The van der Waals surface area contributed by atoms with E-state index in [4.69, 9.17) is 33.7 Å². The number of hydrogen-bond donors (Lipinski definition) is 3. The number of amides is 3. The lowest BCUT2D eigenvalue weighted by molar-refractivity contribution is -0.124. The van der Waals surface area contributed by atoms with Crippen molar-refractivity contribution in [3.63, 3.8) is 0 Å². The van der Waals surface area contributed by atoms with Gasteiger partial charge in [-0.15, -0.1) is 0 Å². The number of nitrogens with one attached hydrogen (secondary N) is 2. The lowest BCUT2D eigenvalue weighted by Gasteiger charge is -2.20. The minimum Gasteiger partial charge on any atom is -0.483 e. The summed E-state index contributed by atoms with van der Waals surface area (Å²) in [5.74, 6) is -1.54. The zero-order chi connectivity index (χ0) is 23.8. The fraction of sp³-hybridized carbons (Fsp3) is 0.238. The van der Waals surface area contributed by atoms with Crippen molar-refractivity contribution in [3.05, 3.63) is 62.0 Å². The number of rotatable bonds is 9. The number of nitrogens with two attached hydrogens (primary N) is 1. The Morgan fingerprint density at radius 2 is 1.91 bits per heavy atom. The highest BCUT2D eigenvalue weighted by molar-refractivity contribution is 9.10. The summed E-state index contributed by atoms with van der Waals surface area (Å²) in [5, 5.41) is 7.17. The molecule has 0 saturated carbocycles. The van der Waals surface area contributed by atoms with Crippen molar-refractivity contribution in [2.75, 3.05) is 6.61 Å². The van der Waals surface area contributed by atoms with Crippen LogP contribution in [-0.4, -0.2) is 36.6 Å². The molecule has 0 radical (unpaired) electrons. The third-order valence-corrected chi connectivity index (χ3v) is 5.17. The van der Waals surface area contributed by atoms with Crippen LogP contribution in [0.2, 0.25) is 10.0 Å². The first kappa shape index (κ1) is 25.6. The number of nitrogens with zero attached hydrogens (tertiary/aromatic N) is 1. The molecule has 0 aliphatic rings. The monoisotopic (exact) mass is 542 g/mol. The van der Waals surface area contributed by atoms with Gasteiger partial charge >= 0.3 is 0 Å². The van der Waals surface area contributed by atoms with Gasteiger partial charge < -0.3 is 15.8 Å². The molecule has 0 saturated heterocycles. The van der Waals surface area contributed by atoms with Crippen molar-refractivity contribution in [2.45, 2.75) is 19.9 Å². The lowest BCUT2D eigenvalue weighted by atomic mass is 10.0. The van der Waals surface area contributed by atoms with Crippen molar-refractivity contribution in [2.24, 2.45) is 16.8 Å². The van der Waals surface area contributed by atoms with Gasteiger partial charge in [0.25, 0.3) is 17.7 Å². The molecule has 0 bridgehead atoms. The molecular weight excluding hydrogens is 523 g/mol. The van der Waals surface area contributed by atoms with E-state index in [1.165, 1.54) is 24.4 Å². The number of primary amides is 1. The van der Waals surface area contributed by atoms with Crippen molar-refractivity contribution in [1.82, 2.24) is 10.7 Å². The lowest BCUT2D eigenvalue weighted by Crippen LogP contribution is -2.48. The minimum absolute atomic E-state index is 0.175. The summed E-state index contributed by atoms with van der Waals surface area (Å²) in [6.45, 7) is 3.26. The molecule has 3 amide bonds. The maximum Gasteiger partial charge on any atom is 0.262 e. The number of benzene rings is 2. The van der Waals surface area contributed by atoms with Gasteiger partial charge in [-0.2, -0.15) is 5.10 Å². The van der Waals surface area contributed by atoms with Crippen LogP contribution in [0, 0.1) is 5.92 Å². The van der Waals surface area contributed by atoms with Gasteiger partial charge in [-0.3, -0.25) is 14.4 Å². The van der Waals surface area contributed by atoms with E-state index in [0.717, 1.165) is 4.47 Å². The molecular formula is C21H21BrCl2N4O4. The van der Waals surface area contributed by atoms with Crippen LogP contribution in [0.4, 0.5) is 0 Å². The Balaban J connectivity index is 2.10. The highest BCUT2D eigenvalue weighted by atomic mass is 79.9. The van der Waals surface area contributed by atoms with E-state index in [9.17, 15) is 14.4 Å². The van der Waals surface area contributed by atoms with Crippen molar-refractivity contribution < 1.29 is 19.1 Å². The molecule has 0 heterocycles. The van der Waals surface area contributed by atoms with Crippen molar-refractivity contribution in [3.8, 4) is 5.75 Å². The Labute approximate surface area is 203 Å². The van der Waals surface area contributed by atoms with Crippen LogP contribution < -0.4 is 21.2 Å². The van der Waals surface area contributed by atoms with Crippen molar-refractivity contribution in [1.29, 1.82) is 0 Å². The smallest absolute Gasteiger partial charge is 0.262 e. The molecule has 1 atom stereocenters. The standard InChI is InChI=1S/C21H21BrCl2N4O4/c1-11(2)19(27-20(30)15-5-4-14(23)8-16(15)24)21(31)28-26-9-12-7-13(22)3-6-17(12)32-10-18(25)29/h3-9,11,19H,10H2,1-2H3,(H2,25,29)(H,27,30)(H,28,31). The molecule has 2 aromatic rings. The van der Waals surface area contributed by atoms with E-state index in [0.29, 0.717) is 16.3 Å². The van der Waals surface area contributed by atoms with Gasteiger partial charge in [0.15, 0.2) is 6.61 Å². The fourth-order valence-electron chi connectivity index (χ4n) is 2.56. The van der Waals surface area contributed by atoms with Crippen LogP contribution in [0.3, 0.4) is 0 Å². The first-order valence-electron chi connectivity index (χ1n) is 9.38. The Bertz CT molecular complexity index is 1050. The summed E-state index contributed by atoms with van der Waals surface area (Å²) in [4.78, 5) is 36.2. The molecule has 2 rings (SSSR count). The van der Waals surface area contributed by atoms with E-state index in [1.54, 1.807) is 32.0 Å². The average molecular weight is 544 g/mol. The molecule has 2 aromatic carbocycles. The van der Waals surface area contributed by atoms with Gasteiger partial charge in [-0.1, -0.05) is 53.0 Å². The topological polar surface area (TPSA) is 123 Å². The molecule has 32 heavy (non-hydrogen) atoms. The number of halogens is 3. The van der Waals surface area contributed by atoms with Gasteiger partial charge in [0, 0.05) is 15.1 Å². The highest BCUT2D eigenvalue weighted by Gasteiger charge is 2.25. The van der Waals surface area contributed by atoms with Crippen LogP contribution in [0.1, 0.15) is 29.8 Å². The second kappa shape index (κ2) is 11.8. The van der Waals surface area contributed by atoms with Gasteiger partial charge in [0.1, 0.15) is 11.8 Å². The summed E-state index contributed by atoms with van der Waals surface area (Å²) in [6, 6.07) is 8.63. The van der Waals surface area contributed by atoms with E-state index in [2.05, 4.69) is 31.8 Å². The molecule has 4 N–H and O–H groups in total. The molecule has 0 aliphatic carbocycles. The molecule has 0 fully saturated rings. The number of ether oxygens (including phenoxy) is 1. The van der Waals surface area contributed by atoms with Gasteiger partial charge in [0.05, 0.1) is 16.8 Å². The number of carbonyl (C=O) groups excluding carboxylic acids is 3. The van der Waals surface area contributed by atoms with Crippen LogP contribution in [0.15, 0.2) is 46.0 Å². The van der Waals surface area contributed by atoms with E-state index >= 15 is 0 Å². The Morgan fingerprint density at radius 3 is 2.53 bits per heavy atom. The summed E-state index contributed by atoms with van der Waals surface area (Å²) in [6.07, 6.45) is 1.36. The Hall–Kier alpha value is -2.62. The number of hydrogen-bond acceptors (Lipinski definition) is 5. The zero-order valence-corrected chi connectivity index (χ0v) is 20.3. The van der Waals surface area contributed by atoms with E-state index < -0.39 is 23.8 Å². The largest absolute Gasteiger partial charge is 0.483 e. The highest BCUT2D eigenvalue weighted by Crippen LogP contribution is 2.22. The van der Waals surface area contributed by atoms with Crippen LogP contribution in [-0.2, 0) is 9.59 Å². The van der Waals surface area contributed by atoms with Crippen molar-refractivity contribution >= 4 is 63.1 Å². The maximum atomic E-state index is 12.7. The van der Waals surface area contributed by atoms with E-state index in [-0.39, 0.29) is 23.1 Å². The number of carbonyl (C=O) groups is 3. The maximum absolute atomic E-state index is 12.7. The Kier molecular flexibility index (Phi) is 9.49. The summed E-state index contributed by atoms with van der Waals surface area (Å²) in [7, 11) is 0. The summed E-state index contributed by atoms with van der Waals surface area (Å²) in [5.41, 5.74) is 8.21. The fourth-order valence-corrected chi connectivity index (χ4v) is 3.44. The minimum atomic E-state index is -0.875. The predicted octanol–water partition coefficient (Wildman–Crippen LogP) is 3.52. The van der Waals surface area contributed by atoms with Gasteiger partial charge in [-0.25, -0.2) is 5.43 Å². The zero-order valence-electron chi connectivity index (χ0n) is 17.2. The Morgan fingerprint density at radius 1 is 1.19 bits per heavy atom. The average Bonchev–Trinajstić information content (AvgIpc) is 2.70. The van der Waals surface area contributed by atoms with E-state index in [1.807, 2.05) is 0 Å². The second-order valence-electron chi connectivity index (χ2n) is 6.99. The molecule has 11 heteroatoms. The second-order valence-corrected chi connectivity index (χ2v) is 8.75. The van der Waals surface area contributed by atoms with Gasteiger partial charge in [0.2, 0.25) is 0 Å². The molecule has 0 aromatic heterocycles. The third kappa shape index (κ3) is 7.51. The molecule has 0 aliphatic heterocycles. The quantitative estimate of drug-likeness (QED) is 0.330. The molecule has 0 spiro atoms. The summed E-state index contributed by atoms with van der Waals surface area (Å²) < 4.78 is 6.08. The van der Waals surface area contributed by atoms with Gasteiger partial charge in [-0.05, 0) is 42.3 Å². The first-order valence-corrected chi connectivity index (χ1v) is 10.9. The third-order valence-electron chi connectivity index (χ3n) is 4.13. The molecule has 8 nitrogen and oxygen atoms in total. The first-order chi connectivity index (χ1) is 15.1. The number of hydrazone groups is 1. The predicted molar refractivity (Wildman–Crippen MR) is 127 cm³/mol. The van der Waals surface area contributed by atoms with Crippen LogP contribution in [0.25, 0.3) is 0 Å².